The van der Waals surface area contributed by atoms with Crippen LogP contribution in [0.25, 0.3) is 16.6 Å². The molecule has 1 aromatic carbocycles. The molecule has 0 bridgehead atoms. The third kappa shape index (κ3) is 3.57. The van der Waals surface area contributed by atoms with Crippen LogP contribution >= 0.6 is 27.3 Å². The Morgan fingerprint density at radius 2 is 2.00 bits per heavy atom. The molecule has 1 N–H and O–H groups in total. The number of nitrogens with one attached hydrogen (secondary N) is 1. The fourth-order valence-corrected chi connectivity index (χ4v) is 4.59. The van der Waals surface area contributed by atoms with Gasteiger partial charge in [0.1, 0.15) is 5.82 Å². The highest BCUT2D eigenvalue weighted by molar-refractivity contribution is 9.11. The second-order valence-corrected chi connectivity index (χ2v) is 8.72. The van der Waals surface area contributed by atoms with Gasteiger partial charge in [0.05, 0.1) is 39.0 Å². The molecule has 5 nitrogen and oxygen atoms in total. The average molecular weight is 459 g/mol. The number of fused-ring (bicyclic) bond motifs is 1. The van der Waals surface area contributed by atoms with Crippen LogP contribution in [0.5, 0.6) is 0 Å². The highest BCUT2D eigenvalue weighted by atomic mass is 79.9. The van der Waals surface area contributed by atoms with E-state index < -0.39 is 0 Å². The van der Waals surface area contributed by atoms with Crippen molar-refractivity contribution < 1.29 is 9.18 Å². The summed E-state index contributed by atoms with van der Waals surface area (Å²) in [6.07, 6.45) is 5.61. The monoisotopic (exact) mass is 458 g/mol. The van der Waals surface area contributed by atoms with E-state index in [1.807, 2.05) is 19.1 Å². The minimum atomic E-state index is -0.316. The maximum absolute atomic E-state index is 13.2. The molecule has 0 fully saturated rings. The molecule has 28 heavy (non-hydrogen) atoms. The van der Waals surface area contributed by atoms with Crippen molar-refractivity contribution in [3.8, 4) is 5.69 Å². The van der Waals surface area contributed by atoms with Gasteiger partial charge in [0.25, 0.3) is 5.91 Å². The topological polar surface area (TPSA) is 59.8 Å². The van der Waals surface area contributed by atoms with E-state index in [1.165, 1.54) is 12.1 Å². The Labute approximate surface area is 173 Å². The number of carbonyl (C=O) groups excluding carboxylic acids is 1. The van der Waals surface area contributed by atoms with Crippen LogP contribution in [0, 0.1) is 5.82 Å². The van der Waals surface area contributed by atoms with Crippen molar-refractivity contribution in [1.82, 2.24) is 20.1 Å². The molecular formula is C20H16BrFN4OS. The number of hydrogen-bond donors (Lipinski definition) is 1. The molecule has 3 heterocycles. The first kappa shape index (κ1) is 18.8. The molecule has 1 amide bonds. The first-order chi connectivity index (χ1) is 13.6. The number of amides is 1. The van der Waals surface area contributed by atoms with Crippen LogP contribution < -0.4 is 5.32 Å². The predicted molar refractivity (Wildman–Crippen MR) is 111 cm³/mol. The second-order valence-electron chi connectivity index (χ2n) is 6.23. The normalized spacial score (nSPS) is 12.2. The van der Waals surface area contributed by atoms with E-state index in [0.29, 0.717) is 22.2 Å². The summed E-state index contributed by atoms with van der Waals surface area (Å²) in [5, 5.41) is 8.15. The van der Waals surface area contributed by atoms with Crippen LogP contribution in [-0.2, 0) is 0 Å². The number of benzene rings is 1. The van der Waals surface area contributed by atoms with Crippen LogP contribution in [0.3, 0.4) is 0 Å². The number of hydrogen-bond acceptors (Lipinski definition) is 4. The molecule has 142 valence electrons. The molecular weight excluding hydrogens is 443 g/mol. The fourth-order valence-electron chi connectivity index (χ4n) is 3.04. The SMILES string of the molecule is CC[C@H](NC(=O)c1cncc2c1cnn2-c1ccc(F)cc1)c1ccc(Br)s1. The quantitative estimate of drug-likeness (QED) is 0.443. The summed E-state index contributed by atoms with van der Waals surface area (Å²) in [7, 11) is 0. The predicted octanol–water partition coefficient (Wildman–Crippen LogP) is 5.26. The molecule has 0 spiro atoms. The largest absolute Gasteiger partial charge is 0.344 e. The molecule has 0 aliphatic rings. The fraction of sp³-hybridized carbons (Fsp3) is 0.150. The molecule has 4 rings (SSSR count). The molecule has 0 aliphatic heterocycles. The van der Waals surface area contributed by atoms with E-state index in [-0.39, 0.29) is 17.8 Å². The lowest BCUT2D eigenvalue weighted by Crippen LogP contribution is -2.27. The van der Waals surface area contributed by atoms with Gasteiger partial charge < -0.3 is 5.32 Å². The Morgan fingerprint density at radius 1 is 1.21 bits per heavy atom. The van der Waals surface area contributed by atoms with Gasteiger partial charge in [0.2, 0.25) is 0 Å². The van der Waals surface area contributed by atoms with Gasteiger partial charge in [-0.1, -0.05) is 6.92 Å². The number of aromatic nitrogens is 3. The van der Waals surface area contributed by atoms with Gasteiger partial charge in [-0.2, -0.15) is 5.10 Å². The highest BCUT2D eigenvalue weighted by Gasteiger charge is 2.19. The summed E-state index contributed by atoms with van der Waals surface area (Å²) in [6, 6.07) is 9.92. The number of halogens is 2. The number of pyridine rings is 1. The minimum Gasteiger partial charge on any atom is -0.344 e. The lowest BCUT2D eigenvalue weighted by atomic mass is 10.1. The standard InChI is InChI=1S/C20H16BrFN4OS/c1-2-16(18-7-8-19(21)28-18)25-20(27)15-9-23-11-17-14(15)10-24-26(17)13-5-3-12(22)4-6-13/h3-11,16H,2H2,1H3,(H,25,27)/t16-/m0/s1. The van der Waals surface area contributed by atoms with Gasteiger partial charge in [-0.3, -0.25) is 9.78 Å². The van der Waals surface area contributed by atoms with E-state index in [9.17, 15) is 9.18 Å². The van der Waals surface area contributed by atoms with Crippen molar-refractivity contribution in [1.29, 1.82) is 0 Å². The van der Waals surface area contributed by atoms with E-state index in [2.05, 4.69) is 31.3 Å². The number of carbonyl (C=O) groups is 1. The summed E-state index contributed by atoms with van der Waals surface area (Å²) in [5.74, 6) is -0.516. The van der Waals surface area contributed by atoms with Crippen molar-refractivity contribution in [3.05, 3.63) is 75.0 Å². The van der Waals surface area contributed by atoms with Crippen molar-refractivity contribution in [2.45, 2.75) is 19.4 Å². The molecule has 0 saturated carbocycles. The highest BCUT2D eigenvalue weighted by Crippen LogP contribution is 2.29. The van der Waals surface area contributed by atoms with E-state index in [1.54, 1.807) is 46.7 Å². The second kappa shape index (κ2) is 7.81. The molecule has 0 radical (unpaired) electrons. The first-order valence-electron chi connectivity index (χ1n) is 8.70. The number of rotatable bonds is 5. The van der Waals surface area contributed by atoms with Crippen molar-refractivity contribution >= 4 is 44.1 Å². The van der Waals surface area contributed by atoms with Gasteiger partial charge in [0.15, 0.2) is 0 Å². The minimum absolute atomic E-state index is 0.0776. The zero-order valence-electron chi connectivity index (χ0n) is 14.9. The number of nitrogens with zero attached hydrogens (tertiary/aromatic N) is 3. The van der Waals surface area contributed by atoms with Gasteiger partial charge in [0, 0.05) is 16.5 Å². The zero-order valence-corrected chi connectivity index (χ0v) is 17.3. The molecule has 0 aliphatic carbocycles. The average Bonchev–Trinajstić information content (AvgIpc) is 3.32. The Kier molecular flexibility index (Phi) is 5.23. The van der Waals surface area contributed by atoms with Gasteiger partial charge in [-0.25, -0.2) is 9.07 Å². The maximum Gasteiger partial charge on any atom is 0.254 e. The summed E-state index contributed by atoms with van der Waals surface area (Å²) in [6.45, 7) is 2.03. The van der Waals surface area contributed by atoms with E-state index in [4.69, 9.17) is 0 Å². The van der Waals surface area contributed by atoms with Crippen molar-refractivity contribution in [3.63, 3.8) is 0 Å². The summed E-state index contributed by atoms with van der Waals surface area (Å²) in [4.78, 5) is 18.3. The first-order valence-corrected chi connectivity index (χ1v) is 10.3. The van der Waals surface area contributed by atoms with E-state index in [0.717, 1.165) is 15.1 Å². The smallest absolute Gasteiger partial charge is 0.254 e. The molecule has 1 atom stereocenters. The van der Waals surface area contributed by atoms with Gasteiger partial charge in [-0.15, -0.1) is 11.3 Å². The summed E-state index contributed by atoms with van der Waals surface area (Å²) in [5.41, 5.74) is 1.84. The Morgan fingerprint density at radius 3 is 2.68 bits per heavy atom. The van der Waals surface area contributed by atoms with Crippen molar-refractivity contribution in [2.75, 3.05) is 0 Å². The van der Waals surface area contributed by atoms with Crippen LogP contribution in [0.2, 0.25) is 0 Å². The van der Waals surface area contributed by atoms with Crippen molar-refractivity contribution in [2.24, 2.45) is 0 Å². The summed E-state index contributed by atoms with van der Waals surface area (Å²) < 4.78 is 15.9. The molecule has 3 aromatic heterocycles. The Bertz CT molecular complexity index is 1140. The molecule has 8 heteroatoms. The van der Waals surface area contributed by atoms with Crippen LogP contribution in [0.15, 0.2) is 58.8 Å². The zero-order chi connectivity index (χ0) is 19.7. The Balaban J connectivity index is 1.67. The molecule has 4 aromatic rings. The molecule has 0 saturated heterocycles. The lowest BCUT2D eigenvalue weighted by molar-refractivity contribution is 0.0937. The number of thiophene rings is 1. The van der Waals surface area contributed by atoms with Crippen LogP contribution in [0.4, 0.5) is 4.39 Å². The molecule has 0 unspecified atom stereocenters. The van der Waals surface area contributed by atoms with E-state index >= 15 is 0 Å². The van der Waals surface area contributed by atoms with Crippen LogP contribution in [-0.4, -0.2) is 20.7 Å². The van der Waals surface area contributed by atoms with Gasteiger partial charge >= 0.3 is 0 Å². The van der Waals surface area contributed by atoms with Gasteiger partial charge in [-0.05, 0) is 58.7 Å². The maximum atomic E-state index is 13.2. The van der Waals surface area contributed by atoms with Crippen LogP contribution in [0.1, 0.15) is 34.6 Å². The summed E-state index contributed by atoms with van der Waals surface area (Å²) >= 11 is 5.07. The lowest BCUT2D eigenvalue weighted by Gasteiger charge is -2.15. The third-order valence-electron chi connectivity index (χ3n) is 4.46. The third-order valence-corrected chi connectivity index (χ3v) is 6.20. The Hall–Kier alpha value is -2.58.